The van der Waals surface area contributed by atoms with E-state index in [9.17, 15) is 13.5 Å². The number of nitrogens with two attached hydrogens (primary N) is 2. The number of primary sulfonamides is 1. The summed E-state index contributed by atoms with van der Waals surface area (Å²) >= 11 is 0. The first-order valence-corrected chi connectivity index (χ1v) is 7.64. The zero-order valence-electron chi connectivity index (χ0n) is 11.6. The number of benzene rings is 1. The maximum absolute atomic E-state index is 11.5. The number of nitrogen functional groups attached to an aromatic ring is 1. The van der Waals surface area contributed by atoms with Crippen LogP contribution in [0.2, 0.25) is 0 Å². The van der Waals surface area contributed by atoms with Crippen LogP contribution < -0.4 is 16.2 Å². The van der Waals surface area contributed by atoms with Gasteiger partial charge in [0.15, 0.2) is 0 Å². The predicted molar refractivity (Wildman–Crippen MR) is 78.0 cm³/mol. The number of ether oxygens (including phenoxy) is 1. The second-order valence-corrected chi connectivity index (χ2v) is 6.09. The molecule has 1 atom stereocenters. The lowest BCUT2D eigenvalue weighted by atomic mass is 10.1. The molecular weight excluding hydrogens is 282 g/mol. The lowest BCUT2D eigenvalue weighted by Gasteiger charge is -2.15. The van der Waals surface area contributed by atoms with Crippen molar-refractivity contribution in [1.82, 2.24) is 0 Å². The lowest BCUT2D eigenvalue weighted by Crippen LogP contribution is -2.19. The highest BCUT2D eigenvalue weighted by Crippen LogP contribution is 2.26. The van der Waals surface area contributed by atoms with Gasteiger partial charge in [0.05, 0.1) is 17.6 Å². The zero-order chi connectivity index (χ0) is 15.3. The molecule has 1 aromatic rings. The minimum Gasteiger partial charge on any atom is -0.399 e. The largest absolute Gasteiger partial charge is 0.399 e. The molecule has 1 unspecified atom stereocenters. The lowest BCUT2D eigenvalue weighted by molar-refractivity contribution is 0.0615. The van der Waals surface area contributed by atoms with E-state index in [1.165, 1.54) is 13.2 Å². The van der Waals surface area contributed by atoms with E-state index in [4.69, 9.17) is 15.6 Å². The average molecular weight is 303 g/mol. The second kappa shape index (κ2) is 6.89. The van der Waals surface area contributed by atoms with Crippen LogP contribution in [0.25, 0.3) is 0 Å². The van der Waals surface area contributed by atoms with Gasteiger partial charge in [0.2, 0.25) is 10.0 Å². The number of sulfonamides is 1. The van der Waals surface area contributed by atoms with Gasteiger partial charge < -0.3 is 20.9 Å². The quantitative estimate of drug-likeness (QED) is 0.526. The molecule has 0 amide bonds. The van der Waals surface area contributed by atoms with Gasteiger partial charge >= 0.3 is 0 Å². The minimum atomic E-state index is -3.82. The molecular formula is C12H21N3O4S. The van der Waals surface area contributed by atoms with Crippen molar-refractivity contribution in [2.24, 2.45) is 5.14 Å². The first kappa shape index (κ1) is 16.7. The van der Waals surface area contributed by atoms with Crippen molar-refractivity contribution >= 4 is 21.4 Å². The highest BCUT2D eigenvalue weighted by Gasteiger charge is 2.15. The van der Waals surface area contributed by atoms with Crippen molar-refractivity contribution in [3.63, 3.8) is 0 Å². The predicted octanol–water partition coefficient (Wildman–Crippen LogP) is 0.0339. The van der Waals surface area contributed by atoms with Crippen molar-refractivity contribution in [3.8, 4) is 0 Å². The molecule has 0 aliphatic carbocycles. The molecule has 0 radical (unpaired) electrons. The van der Waals surface area contributed by atoms with E-state index in [2.05, 4.69) is 5.32 Å². The number of aliphatic hydroxyl groups is 1. The maximum Gasteiger partial charge on any atom is 0.238 e. The second-order valence-electron chi connectivity index (χ2n) is 4.56. The van der Waals surface area contributed by atoms with E-state index in [-0.39, 0.29) is 11.5 Å². The summed E-state index contributed by atoms with van der Waals surface area (Å²) in [4.78, 5) is -0.00237. The van der Waals surface area contributed by atoms with Crippen LogP contribution in [-0.2, 0) is 14.8 Å². The maximum atomic E-state index is 11.5. The Balaban J connectivity index is 2.84. The van der Waals surface area contributed by atoms with Gasteiger partial charge in [-0.1, -0.05) is 0 Å². The smallest absolute Gasteiger partial charge is 0.238 e. The molecule has 0 aliphatic heterocycles. The summed E-state index contributed by atoms with van der Waals surface area (Å²) in [6.07, 6.45) is -0.112. The van der Waals surface area contributed by atoms with Crippen LogP contribution in [0.5, 0.6) is 0 Å². The molecule has 1 rings (SSSR count). The van der Waals surface area contributed by atoms with Crippen molar-refractivity contribution < 1.29 is 18.3 Å². The van der Waals surface area contributed by atoms with Crippen molar-refractivity contribution in [2.75, 3.05) is 31.3 Å². The summed E-state index contributed by atoms with van der Waals surface area (Å²) < 4.78 is 27.7. The Kier molecular flexibility index (Phi) is 5.75. The molecule has 0 fully saturated rings. The number of anilines is 2. The van der Waals surface area contributed by atoms with E-state index >= 15 is 0 Å². The molecule has 0 saturated carbocycles. The summed E-state index contributed by atoms with van der Waals surface area (Å²) in [7, 11) is -2.31. The van der Waals surface area contributed by atoms with Gasteiger partial charge in [-0.15, -0.1) is 0 Å². The highest BCUT2D eigenvalue weighted by molar-refractivity contribution is 7.89. The molecule has 114 valence electrons. The highest BCUT2D eigenvalue weighted by atomic mass is 32.2. The van der Waals surface area contributed by atoms with Crippen molar-refractivity contribution in [3.05, 3.63) is 17.7 Å². The average Bonchev–Trinajstić information content (AvgIpc) is 2.32. The summed E-state index contributed by atoms with van der Waals surface area (Å²) in [6, 6.07) is 2.96. The molecule has 8 heteroatoms. The molecule has 7 nitrogen and oxygen atoms in total. The molecule has 0 aromatic heterocycles. The minimum absolute atomic E-state index is 0.00237. The van der Waals surface area contributed by atoms with Crippen molar-refractivity contribution in [2.45, 2.75) is 24.3 Å². The summed E-state index contributed by atoms with van der Waals surface area (Å²) in [6.45, 7) is 2.35. The van der Waals surface area contributed by atoms with Gasteiger partial charge in [0.25, 0.3) is 0 Å². The Labute approximate surface area is 119 Å². The van der Waals surface area contributed by atoms with Crippen LogP contribution in [0.1, 0.15) is 12.0 Å². The number of hydrogen-bond donors (Lipinski definition) is 4. The van der Waals surface area contributed by atoms with Crippen LogP contribution in [0.4, 0.5) is 11.4 Å². The monoisotopic (exact) mass is 303 g/mol. The fourth-order valence-electron chi connectivity index (χ4n) is 1.84. The fraction of sp³-hybridized carbons (Fsp3) is 0.500. The van der Waals surface area contributed by atoms with E-state index in [0.717, 1.165) is 0 Å². The van der Waals surface area contributed by atoms with Gasteiger partial charge in [0.1, 0.15) is 0 Å². The number of hydrogen-bond acceptors (Lipinski definition) is 6. The molecule has 20 heavy (non-hydrogen) atoms. The fourth-order valence-corrected chi connectivity index (χ4v) is 2.67. The van der Waals surface area contributed by atoms with Gasteiger partial charge in [-0.2, -0.15) is 0 Å². The Morgan fingerprint density at radius 3 is 2.65 bits per heavy atom. The van der Waals surface area contributed by atoms with E-state index in [1.807, 2.05) is 0 Å². The van der Waals surface area contributed by atoms with Crippen LogP contribution in [-0.4, -0.2) is 39.9 Å². The number of nitrogens with one attached hydrogen (secondary N) is 1. The number of methoxy groups -OCH3 is 1. The van der Waals surface area contributed by atoms with E-state index in [0.29, 0.717) is 29.9 Å². The van der Waals surface area contributed by atoms with Gasteiger partial charge in [-0.05, 0) is 31.0 Å². The van der Waals surface area contributed by atoms with Gasteiger partial charge in [-0.3, -0.25) is 0 Å². The molecule has 0 saturated heterocycles. The molecule has 0 bridgehead atoms. The molecule has 6 N–H and O–H groups in total. The first-order valence-electron chi connectivity index (χ1n) is 6.09. The standard InChI is InChI=1S/C12H21N3O4S/c1-8-11(15-4-3-10(16)7-19-2)5-9(13)6-12(8)20(14,17)18/h5-6,10,15-16H,3-4,7,13H2,1-2H3,(H2,14,17,18). The summed E-state index contributed by atoms with van der Waals surface area (Å²) in [5, 5.41) is 17.7. The zero-order valence-corrected chi connectivity index (χ0v) is 12.4. The third kappa shape index (κ3) is 4.64. The molecule has 0 heterocycles. The third-order valence-electron chi connectivity index (χ3n) is 2.84. The van der Waals surface area contributed by atoms with Crippen LogP contribution in [0, 0.1) is 6.92 Å². The van der Waals surface area contributed by atoms with Crippen LogP contribution in [0.15, 0.2) is 17.0 Å². The molecule has 0 spiro atoms. The summed E-state index contributed by atoms with van der Waals surface area (Å²) in [5.74, 6) is 0. The Morgan fingerprint density at radius 1 is 1.45 bits per heavy atom. The SMILES string of the molecule is COCC(O)CCNc1cc(N)cc(S(N)(=O)=O)c1C. The van der Waals surface area contributed by atoms with Crippen LogP contribution in [0.3, 0.4) is 0 Å². The topological polar surface area (TPSA) is 128 Å². The summed E-state index contributed by atoms with van der Waals surface area (Å²) in [5.41, 5.74) is 7.06. The molecule has 0 aliphatic rings. The van der Waals surface area contributed by atoms with E-state index < -0.39 is 16.1 Å². The normalized spacial score (nSPS) is 13.2. The van der Waals surface area contributed by atoms with Gasteiger partial charge in [0, 0.05) is 25.0 Å². The molecule has 1 aromatic carbocycles. The Morgan fingerprint density at radius 2 is 2.10 bits per heavy atom. The number of aliphatic hydroxyl groups excluding tert-OH is 1. The Hall–Kier alpha value is -1.35. The first-order chi connectivity index (χ1) is 9.25. The van der Waals surface area contributed by atoms with Crippen LogP contribution >= 0.6 is 0 Å². The van der Waals surface area contributed by atoms with Gasteiger partial charge in [-0.25, -0.2) is 13.6 Å². The van der Waals surface area contributed by atoms with Crippen molar-refractivity contribution in [1.29, 1.82) is 0 Å². The number of rotatable bonds is 7. The third-order valence-corrected chi connectivity index (χ3v) is 3.88. The Bertz CT molecular complexity index is 560. The van der Waals surface area contributed by atoms with E-state index in [1.54, 1.807) is 13.0 Å².